The van der Waals surface area contributed by atoms with E-state index in [1.165, 1.54) is 0 Å². The second kappa shape index (κ2) is 8.41. The SMILES string of the molecule is OCC[C@@H](O)[C@H](O)[C@@H](O)C=NCCCC(F)(F)F. The summed E-state index contributed by atoms with van der Waals surface area (Å²) in [6, 6.07) is 0. The van der Waals surface area contributed by atoms with Crippen LogP contribution in [0.15, 0.2) is 4.99 Å². The number of aliphatic imine (C=N–C) groups is 1. The molecule has 0 amide bonds. The molecule has 5 nitrogen and oxygen atoms in total. The zero-order valence-corrected chi connectivity index (χ0v) is 9.71. The van der Waals surface area contributed by atoms with Gasteiger partial charge in [0.25, 0.3) is 0 Å². The van der Waals surface area contributed by atoms with E-state index in [1.807, 2.05) is 0 Å². The Hall–Kier alpha value is -0.700. The van der Waals surface area contributed by atoms with Gasteiger partial charge in [0, 0.05) is 25.8 Å². The van der Waals surface area contributed by atoms with Gasteiger partial charge in [0.15, 0.2) is 0 Å². The van der Waals surface area contributed by atoms with Gasteiger partial charge in [-0.25, -0.2) is 0 Å². The van der Waals surface area contributed by atoms with Gasteiger partial charge >= 0.3 is 6.18 Å². The molecule has 108 valence electrons. The number of rotatable bonds is 8. The molecule has 18 heavy (non-hydrogen) atoms. The zero-order chi connectivity index (χ0) is 14.2. The highest BCUT2D eigenvalue weighted by Crippen LogP contribution is 2.20. The Morgan fingerprint density at radius 3 is 2.28 bits per heavy atom. The molecule has 0 aliphatic rings. The lowest BCUT2D eigenvalue weighted by Gasteiger charge is -2.19. The van der Waals surface area contributed by atoms with Crippen molar-refractivity contribution < 1.29 is 33.6 Å². The average molecular weight is 273 g/mol. The van der Waals surface area contributed by atoms with Crippen LogP contribution in [0.5, 0.6) is 0 Å². The van der Waals surface area contributed by atoms with E-state index in [2.05, 4.69) is 4.99 Å². The van der Waals surface area contributed by atoms with Crippen molar-refractivity contribution in [1.29, 1.82) is 0 Å². The Morgan fingerprint density at radius 2 is 1.78 bits per heavy atom. The molecule has 8 heteroatoms. The van der Waals surface area contributed by atoms with Crippen molar-refractivity contribution in [1.82, 2.24) is 0 Å². The fraction of sp³-hybridized carbons (Fsp3) is 0.900. The minimum atomic E-state index is -4.23. The van der Waals surface area contributed by atoms with Crippen LogP contribution in [0, 0.1) is 0 Å². The molecule has 3 atom stereocenters. The van der Waals surface area contributed by atoms with E-state index in [1.54, 1.807) is 0 Å². The average Bonchev–Trinajstić information content (AvgIpc) is 2.26. The van der Waals surface area contributed by atoms with Crippen molar-refractivity contribution in [2.45, 2.75) is 43.8 Å². The molecule has 0 bridgehead atoms. The Morgan fingerprint density at radius 1 is 1.17 bits per heavy atom. The minimum absolute atomic E-state index is 0.111. The molecule has 0 unspecified atom stereocenters. The van der Waals surface area contributed by atoms with Gasteiger partial charge in [-0.15, -0.1) is 0 Å². The monoisotopic (exact) mass is 273 g/mol. The van der Waals surface area contributed by atoms with Crippen LogP contribution >= 0.6 is 0 Å². The van der Waals surface area contributed by atoms with Gasteiger partial charge in [0.05, 0.1) is 6.10 Å². The second-order valence-corrected chi connectivity index (χ2v) is 3.83. The van der Waals surface area contributed by atoms with Crippen molar-refractivity contribution in [3.05, 3.63) is 0 Å². The molecule has 0 aromatic rings. The summed E-state index contributed by atoms with van der Waals surface area (Å²) in [6.07, 6.45) is -8.93. The summed E-state index contributed by atoms with van der Waals surface area (Å²) >= 11 is 0. The Balaban J connectivity index is 3.89. The first-order chi connectivity index (χ1) is 8.28. The van der Waals surface area contributed by atoms with Crippen LogP contribution in [0.3, 0.4) is 0 Å². The van der Waals surface area contributed by atoms with Crippen LogP contribution < -0.4 is 0 Å². The standard InChI is InChI=1S/C10H18F3NO4/c11-10(12,13)3-1-4-14-6-8(17)9(18)7(16)2-5-15/h6-9,15-18H,1-5H2/t7-,8+,9+/m1/s1. The molecular weight excluding hydrogens is 255 g/mol. The largest absolute Gasteiger partial charge is 0.396 e. The summed E-state index contributed by atoms with van der Waals surface area (Å²) < 4.78 is 35.3. The maximum absolute atomic E-state index is 11.8. The molecule has 0 aliphatic carbocycles. The Bertz CT molecular complexity index is 248. The van der Waals surface area contributed by atoms with Crippen LogP contribution in [-0.2, 0) is 0 Å². The van der Waals surface area contributed by atoms with Gasteiger partial charge in [-0.3, -0.25) is 4.99 Å². The first-order valence-electron chi connectivity index (χ1n) is 5.49. The van der Waals surface area contributed by atoms with Gasteiger partial charge in [-0.05, 0) is 12.8 Å². The number of aliphatic hydroxyl groups excluding tert-OH is 4. The molecule has 0 fully saturated rings. The van der Waals surface area contributed by atoms with Gasteiger partial charge < -0.3 is 20.4 Å². The lowest BCUT2D eigenvalue weighted by Crippen LogP contribution is -2.38. The predicted octanol–water partition coefficient (Wildman–Crippen LogP) is -0.135. The van der Waals surface area contributed by atoms with Crippen molar-refractivity contribution in [2.75, 3.05) is 13.2 Å². The topological polar surface area (TPSA) is 93.3 Å². The number of aliphatic hydroxyl groups is 4. The number of halogens is 3. The summed E-state index contributed by atoms with van der Waals surface area (Å²) in [7, 11) is 0. The highest BCUT2D eigenvalue weighted by Gasteiger charge is 2.26. The van der Waals surface area contributed by atoms with E-state index in [9.17, 15) is 28.5 Å². The molecule has 0 aliphatic heterocycles. The summed E-state index contributed by atoms with van der Waals surface area (Å²) in [5, 5.41) is 36.3. The molecule has 0 saturated carbocycles. The molecule has 0 rings (SSSR count). The summed E-state index contributed by atoms with van der Waals surface area (Å²) in [4.78, 5) is 3.53. The van der Waals surface area contributed by atoms with Gasteiger partial charge in [-0.2, -0.15) is 13.2 Å². The van der Waals surface area contributed by atoms with E-state index >= 15 is 0 Å². The fourth-order valence-corrected chi connectivity index (χ4v) is 1.17. The molecule has 0 aromatic heterocycles. The van der Waals surface area contributed by atoms with Crippen LogP contribution in [0.4, 0.5) is 13.2 Å². The van der Waals surface area contributed by atoms with E-state index < -0.39 is 30.9 Å². The van der Waals surface area contributed by atoms with Gasteiger partial charge in [0.2, 0.25) is 0 Å². The van der Waals surface area contributed by atoms with Crippen molar-refractivity contribution in [3.63, 3.8) is 0 Å². The first-order valence-corrected chi connectivity index (χ1v) is 5.49. The Labute approximate surface area is 103 Å². The number of hydrogen-bond acceptors (Lipinski definition) is 5. The smallest absolute Gasteiger partial charge is 0.389 e. The number of nitrogens with zero attached hydrogens (tertiary/aromatic N) is 1. The highest BCUT2D eigenvalue weighted by atomic mass is 19.4. The van der Waals surface area contributed by atoms with Crippen LogP contribution in [0.2, 0.25) is 0 Å². The quantitative estimate of drug-likeness (QED) is 0.366. The third kappa shape index (κ3) is 8.40. The molecule has 4 N–H and O–H groups in total. The normalized spacial score (nSPS) is 17.9. The third-order valence-corrected chi connectivity index (χ3v) is 2.17. The van der Waals surface area contributed by atoms with Crippen molar-refractivity contribution >= 4 is 6.21 Å². The maximum Gasteiger partial charge on any atom is 0.389 e. The molecule has 0 aromatic carbocycles. The number of alkyl halides is 3. The molecule has 0 saturated heterocycles. The third-order valence-electron chi connectivity index (χ3n) is 2.17. The van der Waals surface area contributed by atoms with Crippen LogP contribution in [0.25, 0.3) is 0 Å². The molecule has 0 radical (unpaired) electrons. The van der Waals surface area contributed by atoms with E-state index in [-0.39, 0.29) is 26.0 Å². The predicted molar refractivity (Wildman–Crippen MR) is 58.4 cm³/mol. The minimum Gasteiger partial charge on any atom is -0.396 e. The lowest BCUT2D eigenvalue weighted by molar-refractivity contribution is -0.134. The maximum atomic E-state index is 11.8. The molecular formula is C10H18F3NO4. The van der Waals surface area contributed by atoms with E-state index in [0.717, 1.165) is 6.21 Å². The first kappa shape index (κ1) is 17.3. The number of hydrogen-bond donors (Lipinski definition) is 4. The molecule has 0 heterocycles. The van der Waals surface area contributed by atoms with Crippen molar-refractivity contribution in [3.8, 4) is 0 Å². The highest BCUT2D eigenvalue weighted by molar-refractivity contribution is 5.63. The van der Waals surface area contributed by atoms with E-state index in [4.69, 9.17) is 5.11 Å². The summed E-state index contributed by atoms with van der Waals surface area (Å²) in [5.41, 5.74) is 0. The Kier molecular flexibility index (Phi) is 8.08. The summed E-state index contributed by atoms with van der Waals surface area (Å²) in [5.74, 6) is 0. The van der Waals surface area contributed by atoms with Gasteiger partial charge in [0.1, 0.15) is 12.2 Å². The fourth-order valence-electron chi connectivity index (χ4n) is 1.17. The van der Waals surface area contributed by atoms with Crippen LogP contribution in [-0.4, -0.2) is 64.3 Å². The zero-order valence-electron chi connectivity index (χ0n) is 9.71. The van der Waals surface area contributed by atoms with Crippen molar-refractivity contribution in [2.24, 2.45) is 4.99 Å². The van der Waals surface area contributed by atoms with Gasteiger partial charge in [-0.1, -0.05) is 0 Å². The van der Waals surface area contributed by atoms with E-state index in [0.29, 0.717) is 0 Å². The lowest BCUT2D eigenvalue weighted by atomic mass is 10.1. The van der Waals surface area contributed by atoms with Crippen LogP contribution in [0.1, 0.15) is 19.3 Å². The summed E-state index contributed by atoms with van der Waals surface area (Å²) in [6.45, 7) is -0.479. The molecule has 0 spiro atoms. The second-order valence-electron chi connectivity index (χ2n) is 3.83.